The summed E-state index contributed by atoms with van der Waals surface area (Å²) in [6, 6.07) is 5.34. The Morgan fingerprint density at radius 1 is 1.24 bits per heavy atom. The largest absolute Gasteiger partial charge is 0.383 e. The number of hydrogen-bond donors (Lipinski definition) is 2. The normalized spacial score (nSPS) is 16.1. The van der Waals surface area contributed by atoms with E-state index in [0.29, 0.717) is 30.2 Å². The number of benzene rings is 1. The van der Waals surface area contributed by atoms with E-state index in [1.54, 1.807) is 11.0 Å². The molecule has 3 heterocycles. The van der Waals surface area contributed by atoms with E-state index in [1.807, 2.05) is 0 Å². The lowest BCUT2D eigenvalue weighted by molar-refractivity contribution is 0.0546. The zero-order chi connectivity index (χ0) is 20.1. The Hall–Kier alpha value is -3.00. The van der Waals surface area contributed by atoms with Crippen LogP contribution in [0.25, 0.3) is 11.0 Å². The molecule has 0 spiro atoms. The highest BCUT2D eigenvalue weighted by atomic mass is 19.1. The van der Waals surface area contributed by atoms with E-state index >= 15 is 0 Å². The van der Waals surface area contributed by atoms with Gasteiger partial charge in [-0.15, -0.1) is 0 Å². The number of H-pyrrole nitrogens is 1. The molecule has 1 amide bonds. The van der Waals surface area contributed by atoms with Gasteiger partial charge in [0.1, 0.15) is 23.1 Å². The summed E-state index contributed by atoms with van der Waals surface area (Å²) in [5.74, 6) is -1.21. The van der Waals surface area contributed by atoms with Gasteiger partial charge in [-0.05, 0) is 37.5 Å². The SMILES string of the molecule is Nc1nc2cc(C(=O)N(Cc3c(F)cccc3F)C3CCC3)[nH]c2c2c1COC2. The molecule has 1 saturated carbocycles. The van der Waals surface area contributed by atoms with Crippen LogP contribution in [0, 0.1) is 11.6 Å². The molecular weight excluding hydrogens is 378 g/mol. The molecule has 150 valence electrons. The van der Waals surface area contributed by atoms with Crippen LogP contribution in [-0.4, -0.2) is 26.8 Å². The molecule has 2 aliphatic rings. The van der Waals surface area contributed by atoms with Crippen LogP contribution in [0.5, 0.6) is 0 Å². The maximum atomic E-state index is 14.2. The van der Waals surface area contributed by atoms with E-state index in [4.69, 9.17) is 10.5 Å². The van der Waals surface area contributed by atoms with Crippen molar-refractivity contribution < 1.29 is 18.3 Å². The molecular formula is C21H20F2N4O2. The van der Waals surface area contributed by atoms with Crippen molar-refractivity contribution in [3.05, 3.63) is 58.3 Å². The first-order chi connectivity index (χ1) is 14.0. The van der Waals surface area contributed by atoms with Gasteiger partial charge in [-0.1, -0.05) is 6.07 Å². The third kappa shape index (κ3) is 2.95. The first-order valence-corrected chi connectivity index (χ1v) is 9.64. The van der Waals surface area contributed by atoms with Crippen LogP contribution in [0.2, 0.25) is 0 Å². The second kappa shape index (κ2) is 6.81. The number of anilines is 1. The number of nitrogen functional groups attached to an aromatic ring is 1. The number of hydrogen-bond acceptors (Lipinski definition) is 4. The van der Waals surface area contributed by atoms with Gasteiger partial charge in [-0.2, -0.15) is 0 Å². The molecule has 8 heteroatoms. The summed E-state index contributed by atoms with van der Waals surface area (Å²) >= 11 is 0. The van der Waals surface area contributed by atoms with E-state index in [9.17, 15) is 13.6 Å². The zero-order valence-corrected chi connectivity index (χ0v) is 15.7. The predicted octanol–water partition coefficient (Wildman–Crippen LogP) is 3.65. The maximum absolute atomic E-state index is 14.2. The Labute approximate surface area is 165 Å². The number of carbonyl (C=O) groups excluding carboxylic acids is 1. The lowest BCUT2D eigenvalue weighted by atomic mass is 9.90. The minimum absolute atomic E-state index is 0.0417. The van der Waals surface area contributed by atoms with Crippen molar-refractivity contribution in [2.75, 3.05) is 5.73 Å². The quantitative estimate of drug-likeness (QED) is 0.703. The number of nitrogens with one attached hydrogen (secondary N) is 1. The first kappa shape index (κ1) is 18.1. The molecule has 0 saturated heterocycles. The third-order valence-electron chi connectivity index (χ3n) is 5.90. The predicted molar refractivity (Wildman–Crippen MR) is 103 cm³/mol. The minimum atomic E-state index is -0.650. The number of ether oxygens (including phenoxy) is 1. The summed E-state index contributed by atoms with van der Waals surface area (Å²) in [6.45, 7) is 0.681. The number of aromatic amines is 1. The average Bonchev–Trinajstić information content (AvgIpc) is 3.28. The second-order valence-corrected chi connectivity index (χ2v) is 7.61. The Morgan fingerprint density at radius 2 is 1.97 bits per heavy atom. The molecule has 0 radical (unpaired) electrons. The van der Waals surface area contributed by atoms with Gasteiger partial charge in [0, 0.05) is 22.7 Å². The second-order valence-electron chi connectivity index (χ2n) is 7.61. The zero-order valence-electron chi connectivity index (χ0n) is 15.7. The van der Waals surface area contributed by atoms with Crippen LogP contribution < -0.4 is 5.73 Å². The molecule has 1 aliphatic heterocycles. The first-order valence-electron chi connectivity index (χ1n) is 9.64. The van der Waals surface area contributed by atoms with Gasteiger partial charge in [0.2, 0.25) is 0 Å². The molecule has 2 aromatic heterocycles. The summed E-state index contributed by atoms with van der Waals surface area (Å²) in [5, 5.41) is 0. The van der Waals surface area contributed by atoms with Crippen LogP contribution in [-0.2, 0) is 24.5 Å². The fourth-order valence-electron chi connectivity index (χ4n) is 4.03. The van der Waals surface area contributed by atoms with Crippen molar-refractivity contribution in [1.82, 2.24) is 14.9 Å². The number of pyridine rings is 1. The molecule has 6 nitrogen and oxygen atoms in total. The lowest BCUT2D eigenvalue weighted by Gasteiger charge is -2.37. The smallest absolute Gasteiger partial charge is 0.270 e. The fraction of sp³-hybridized carbons (Fsp3) is 0.333. The highest BCUT2D eigenvalue weighted by Gasteiger charge is 2.32. The standard InChI is InChI=1S/C21H20F2N4O2/c22-15-5-2-6-16(23)12(15)8-27(11-3-1-4-11)21(28)18-7-17-19(25-18)13-9-29-10-14(13)20(24)26-17/h2,5-7,11,25H,1,3-4,8-10H2,(H2,24,26). The van der Waals surface area contributed by atoms with Crippen molar-refractivity contribution in [1.29, 1.82) is 0 Å². The van der Waals surface area contributed by atoms with Crippen molar-refractivity contribution in [3.8, 4) is 0 Å². The highest BCUT2D eigenvalue weighted by Crippen LogP contribution is 2.33. The fourth-order valence-corrected chi connectivity index (χ4v) is 4.03. The van der Waals surface area contributed by atoms with Crippen LogP contribution >= 0.6 is 0 Å². The van der Waals surface area contributed by atoms with Crippen molar-refractivity contribution in [2.24, 2.45) is 0 Å². The molecule has 0 atom stereocenters. The van der Waals surface area contributed by atoms with Crippen LogP contribution in [0.3, 0.4) is 0 Å². The molecule has 0 bridgehead atoms. The third-order valence-corrected chi connectivity index (χ3v) is 5.90. The van der Waals surface area contributed by atoms with E-state index in [0.717, 1.165) is 35.9 Å². The Bertz CT molecular complexity index is 1100. The van der Waals surface area contributed by atoms with Crippen LogP contribution in [0.4, 0.5) is 14.6 Å². The molecule has 1 aliphatic carbocycles. The topological polar surface area (TPSA) is 84.2 Å². The Balaban J connectivity index is 1.53. The van der Waals surface area contributed by atoms with Crippen molar-refractivity contribution >= 4 is 22.8 Å². The molecule has 5 rings (SSSR count). The van der Waals surface area contributed by atoms with Gasteiger partial charge in [0.25, 0.3) is 5.91 Å². The van der Waals surface area contributed by atoms with E-state index in [2.05, 4.69) is 9.97 Å². The minimum Gasteiger partial charge on any atom is -0.383 e. The number of nitrogens with zero attached hydrogens (tertiary/aromatic N) is 2. The van der Waals surface area contributed by atoms with Crippen molar-refractivity contribution in [2.45, 2.75) is 45.1 Å². The van der Waals surface area contributed by atoms with Gasteiger partial charge in [-0.3, -0.25) is 4.79 Å². The number of aromatic nitrogens is 2. The molecule has 1 fully saturated rings. The Kier molecular flexibility index (Phi) is 4.24. The van der Waals surface area contributed by atoms with Gasteiger partial charge in [-0.25, -0.2) is 13.8 Å². The van der Waals surface area contributed by atoms with E-state index in [-0.39, 0.29) is 24.1 Å². The monoisotopic (exact) mass is 398 g/mol. The number of carbonyl (C=O) groups is 1. The molecule has 29 heavy (non-hydrogen) atoms. The van der Waals surface area contributed by atoms with Gasteiger partial charge < -0.3 is 20.4 Å². The molecule has 0 unspecified atom stereocenters. The maximum Gasteiger partial charge on any atom is 0.270 e. The summed E-state index contributed by atoms with van der Waals surface area (Å²) in [5.41, 5.74) is 9.29. The molecule has 3 aromatic rings. The van der Waals surface area contributed by atoms with Gasteiger partial charge >= 0.3 is 0 Å². The van der Waals surface area contributed by atoms with E-state index in [1.165, 1.54) is 18.2 Å². The molecule has 3 N–H and O–H groups in total. The summed E-state index contributed by atoms with van der Waals surface area (Å²) in [4.78, 5) is 22.4. The van der Waals surface area contributed by atoms with E-state index < -0.39 is 11.6 Å². The summed E-state index contributed by atoms with van der Waals surface area (Å²) in [7, 11) is 0. The number of rotatable bonds is 4. The number of halogens is 2. The Morgan fingerprint density at radius 3 is 2.66 bits per heavy atom. The average molecular weight is 398 g/mol. The number of fused-ring (bicyclic) bond motifs is 3. The van der Waals surface area contributed by atoms with Crippen LogP contribution in [0.15, 0.2) is 24.3 Å². The van der Waals surface area contributed by atoms with Gasteiger partial charge in [0.15, 0.2) is 0 Å². The number of amides is 1. The van der Waals surface area contributed by atoms with Crippen molar-refractivity contribution in [3.63, 3.8) is 0 Å². The lowest BCUT2D eigenvalue weighted by Crippen LogP contribution is -2.44. The summed E-state index contributed by atoms with van der Waals surface area (Å²) < 4.78 is 33.9. The van der Waals surface area contributed by atoms with Crippen LogP contribution in [0.1, 0.15) is 46.4 Å². The summed E-state index contributed by atoms with van der Waals surface area (Å²) in [6.07, 6.45) is 2.62. The highest BCUT2D eigenvalue weighted by molar-refractivity contribution is 5.98. The molecule has 1 aromatic carbocycles. The van der Waals surface area contributed by atoms with Gasteiger partial charge in [0.05, 0.1) is 30.8 Å². The number of nitrogens with two attached hydrogens (primary N) is 1.